The second-order valence-corrected chi connectivity index (χ2v) is 5.42. The third-order valence-corrected chi connectivity index (χ3v) is 2.86. The highest BCUT2D eigenvalue weighted by molar-refractivity contribution is 5.97. The molecule has 116 valence electrons. The highest BCUT2D eigenvalue weighted by Crippen LogP contribution is 2.14. The lowest BCUT2D eigenvalue weighted by Gasteiger charge is -2.15. The molecular formula is C15H22FN3O2. The van der Waals surface area contributed by atoms with Crippen molar-refractivity contribution in [2.24, 2.45) is 5.92 Å². The van der Waals surface area contributed by atoms with E-state index >= 15 is 0 Å². The van der Waals surface area contributed by atoms with Crippen molar-refractivity contribution in [1.82, 2.24) is 10.6 Å². The van der Waals surface area contributed by atoms with Crippen LogP contribution in [0.1, 0.15) is 26.3 Å². The summed E-state index contributed by atoms with van der Waals surface area (Å²) in [7, 11) is 0. The number of amides is 3. The lowest BCUT2D eigenvalue weighted by molar-refractivity contribution is -0.120. The third-order valence-electron chi connectivity index (χ3n) is 2.86. The molecule has 0 aliphatic carbocycles. The topological polar surface area (TPSA) is 70.2 Å². The number of anilines is 1. The first-order valence-electron chi connectivity index (χ1n) is 6.91. The smallest absolute Gasteiger partial charge is 0.321 e. The second-order valence-electron chi connectivity index (χ2n) is 5.42. The first-order chi connectivity index (χ1) is 9.79. The predicted molar refractivity (Wildman–Crippen MR) is 80.6 cm³/mol. The summed E-state index contributed by atoms with van der Waals surface area (Å²) >= 11 is 0. The van der Waals surface area contributed by atoms with E-state index in [4.69, 9.17) is 0 Å². The van der Waals surface area contributed by atoms with Crippen LogP contribution in [0, 0.1) is 18.7 Å². The summed E-state index contributed by atoms with van der Waals surface area (Å²) in [4.78, 5) is 23.3. The number of hydrogen-bond acceptors (Lipinski definition) is 3. The number of imide groups is 1. The van der Waals surface area contributed by atoms with Crippen LogP contribution in [0.5, 0.6) is 0 Å². The Labute approximate surface area is 124 Å². The molecule has 6 heteroatoms. The Morgan fingerprint density at radius 2 is 1.90 bits per heavy atom. The summed E-state index contributed by atoms with van der Waals surface area (Å²) in [6, 6.07) is 3.44. The molecule has 0 fully saturated rings. The van der Waals surface area contributed by atoms with Gasteiger partial charge in [0.05, 0.1) is 0 Å². The average molecular weight is 295 g/mol. The van der Waals surface area contributed by atoms with Crippen molar-refractivity contribution in [1.29, 1.82) is 0 Å². The molecule has 21 heavy (non-hydrogen) atoms. The van der Waals surface area contributed by atoms with Crippen LogP contribution in [-0.2, 0) is 4.79 Å². The number of carbonyl (C=O) groups excluding carboxylic acids is 2. The molecular weight excluding hydrogens is 273 g/mol. The quantitative estimate of drug-likeness (QED) is 0.781. The molecule has 0 radical (unpaired) electrons. The molecule has 0 saturated heterocycles. The summed E-state index contributed by atoms with van der Waals surface area (Å²) < 4.78 is 13.4. The number of urea groups is 1. The van der Waals surface area contributed by atoms with Crippen molar-refractivity contribution >= 4 is 17.6 Å². The number of benzene rings is 1. The Kier molecular flexibility index (Phi) is 6.14. The van der Waals surface area contributed by atoms with E-state index in [0.717, 1.165) is 0 Å². The molecule has 0 bridgehead atoms. The maximum absolute atomic E-state index is 13.4. The summed E-state index contributed by atoms with van der Waals surface area (Å²) in [5, 5.41) is 7.67. The Morgan fingerprint density at radius 3 is 2.48 bits per heavy atom. The minimum atomic E-state index is -0.656. The fourth-order valence-electron chi connectivity index (χ4n) is 1.56. The van der Waals surface area contributed by atoms with Gasteiger partial charge >= 0.3 is 6.03 Å². The molecule has 3 N–H and O–H groups in total. The number of carbonyl (C=O) groups is 2. The van der Waals surface area contributed by atoms with Crippen molar-refractivity contribution in [3.8, 4) is 0 Å². The van der Waals surface area contributed by atoms with Gasteiger partial charge in [0.15, 0.2) is 0 Å². The van der Waals surface area contributed by atoms with Crippen molar-refractivity contribution < 1.29 is 14.0 Å². The molecule has 0 saturated carbocycles. The van der Waals surface area contributed by atoms with Gasteiger partial charge in [-0.15, -0.1) is 0 Å². The van der Waals surface area contributed by atoms with Crippen LogP contribution >= 0.6 is 0 Å². The average Bonchev–Trinajstić information content (AvgIpc) is 2.40. The lowest BCUT2D eigenvalue weighted by atomic mass is 10.2. The lowest BCUT2D eigenvalue weighted by Crippen LogP contribution is -2.46. The zero-order chi connectivity index (χ0) is 16.0. The maximum Gasteiger partial charge on any atom is 0.321 e. The van der Waals surface area contributed by atoms with Gasteiger partial charge in [0, 0.05) is 12.2 Å². The number of halogens is 1. The number of nitrogens with one attached hydrogen (secondary N) is 3. The maximum atomic E-state index is 13.4. The van der Waals surface area contributed by atoms with Crippen LogP contribution in [0.3, 0.4) is 0 Å². The molecule has 1 unspecified atom stereocenters. The monoisotopic (exact) mass is 295 g/mol. The largest absolute Gasteiger partial charge is 0.374 e. The van der Waals surface area contributed by atoms with Crippen LogP contribution in [0.2, 0.25) is 0 Å². The molecule has 0 aromatic heterocycles. The Bertz CT molecular complexity index is 518. The van der Waals surface area contributed by atoms with Crippen molar-refractivity contribution in [3.05, 3.63) is 29.6 Å². The molecule has 0 spiro atoms. The Hall–Kier alpha value is -2.11. The van der Waals surface area contributed by atoms with Crippen LogP contribution < -0.4 is 16.0 Å². The molecule has 0 aliphatic heterocycles. The molecule has 0 heterocycles. The van der Waals surface area contributed by atoms with Gasteiger partial charge in [-0.1, -0.05) is 19.9 Å². The minimum absolute atomic E-state index is 0.303. The first-order valence-corrected chi connectivity index (χ1v) is 6.91. The summed E-state index contributed by atoms with van der Waals surface area (Å²) in [5.74, 6) is -0.517. The van der Waals surface area contributed by atoms with Crippen LogP contribution in [0.4, 0.5) is 14.9 Å². The van der Waals surface area contributed by atoms with E-state index in [9.17, 15) is 14.0 Å². The number of hydrogen-bond donors (Lipinski definition) is 3. The Morgan fingerprint density at radius 1 is 1.24 bits per heavy atom. The van der Waals surface area contributed by atoms with Gasteiger partial charge in [-0.2, -0.15) is 0 Å². The zero-order valence-corrected chi connectivity index (χ0v) is 12.8. The highest BCUT2D eigenvalue weighted by Gasteiger charge is 2.16. The van der Waals surface area contributed by atoms with Gasteiger partial charge in [0.2, 0.25) is 5.91 Å². The van der Waals surface area contributed by atoms with Gasteiger partial charge in [0.1, 0.15) is 11.9 Å². The first kappa shape index (κ1) is 16.9. The van der Waals surface area contributed by atoms with E-state index in [2.05, 4.69) is 16.0 Å². The number of aryl methyl sites for hydroxylation is 1. The van der Waals surface area contributed by atoms with E-state index in [0.29, 0.717) is 23.7 Å². The molecule has 3 amide bonds. The minimum Gasteiger partial charge on any atom is -0.374 e. The SMILES string of the molecule is Cc1ccc(NC(C)C(=O)NC(=O)NCC(C)C)cc1F. The summed E-state index contributed by atoms with van der Waals surface area (Å²) in [5.41, 5.74) is 1.02. The van der Waals surface area contributed by atoms with E-state index < -0.39 is 18.0 Å². The Balaban J connectivity index is 2.50. The molecule has 0 aliphatic rings. The van der Waals surface area contributed by atoms with Crippen LogP contribution in [0.25, 0.3) is 0 Å². The fourth-order valence-corrected chi connectivity index (χ4v) is 1.56. The third kappa shape index (κ3) is 5.81. The number of rotatable bonds is 5. The molecule has 5 nitrogen and oxygen atoms in total. The van der Waals surface area contributed by atoms with Gasteiger partial charge in [-0.05, 0) is 37.5 Å². The molecule has 1 rings (SSSR count). The summed E-state index contributed by atoms with van der Waals surface area (Å²) in [6.07, 6.45) is 0. The summed E-state index contributed by atoms with van der Waals surface area (Å²) in [6.45, 7) is 7.66. The van der Waals surface area contributed by atoms with Gasteiger partial charge in [-0.25, -0.2) is 9.18 Å². The van der Waals surface area contributed by atoms with Gasteiger partial charge in [0.25, 0.3) is 0 Å². The highest BCUT2D eigenvalue weighted by atomic mass is 19.1. The standard InChI is InChI=1S/C15H22FN3O2/c1-9(2)8-17-15(21)19-14(20)11(4)18-12-6-5-10(3)13(16)7-12/h5-7,9,11,18H,8H2,1-4H3,(H2,17,19,20,21). The molecule has 1 aromatic rings. The fraction of sp³-hybridized carbons (Fsp3) is 0.467. The predicted octanol–water partition coefficient (Wildman–Crippen LogP) is 2.42. The molecule has 1 atom stereocenters. The van der Waals surface area contributed by atoms with Crippen LogP contribution in [-0.4, -0.2) is 24.5 Å². The van der Waals surface area contributed by atoms with Crippen molar-refractivity contribution in [3.63, 3.8) is 0 Å². The van der Waals surface area contributed by atoms with E-state index in [1.165, 1.54) is 6.07 Å². The second kappa shape index (κ2) is 7.61. The van der Waals surface area contributed by atoms with Crippen LogP contribution in [0.15, 0.2) is 18.2 Å². The van der Waals surface area contributed by atoms with Crippen molar-refractivity contribution in [2.45, 2.75) is 33.7 Å². The van der Waals surface area contributed by atoms with Gasteiger partial charge < -0.3 is 10.6 Å². The van der Waals surface area contributed by atoms with Crippen molar-refractivity contribution in [2.75, 3.05) is 11.9 Å². The van der Waals surface area contributed by atoms with Gasteiger partial charge in [-0.3, -0.25) is 10.1 Å². The zero-order valence-electron chi connectivity index (χ0n) is 12.8. The van der Waals surface area contributed by atoms with E-state index in [1.807, 2.05) is 13.8 Å². The normalized spacial score (nSPS) is 11.9. The van der Waals surface area contributed by atoms with E-state index in [1.54, 1.807) is 26.0 Å². The van der Waals surface area contributed by atoms with E-state index in [-0.39, 0.29) is 5.82 Å². The molecule has 1 aromatic carbocycles.